The van der Waals surface area contributed by atoms with Gasteiger partial charge in [-0.2, -0.15) is 0 Å². The van der Waals surface area contributed by atoms with Gasteiger partial charge in [-0.3, -0.25) is 0 Å². The van der Waals surface area contributed by atoms with Gasteiger partial charge in [-0.1, -0.05) is 0 Å². The van der Waals surface area contributed by atoms with Crippen LogP contribution in [-0.2, 0) is 16.5 Å². The largest absolute Gasteiger partial charge is 2.00 e. The van der Waals surface area contributed by atoms with Crippen LogP contribution in [0.3, 0.4) is 0 Å². The average Bonchev–Trinajstić information content (AvgIpc) is 3.04. The predicted octanol–water partition coefficient (Wildman–Crippen LogP) is -2.07. The van der Waals surface area contributed by atoms with Gasteiger partial charge in [0.05, 0.1) is 13.1 Å². The van der Waals surface area contributed by atoms with E-state index in [1.54, 1.807) is 44.4 Å². The van der Waals surface area contributed by atoms with Crippen molar-refractivity contribution in [3.05, 3.63) is 38.1 Å². The molecule has 2 rings (SSSR count). The van der Waals surface area contributed by atoms with E-state index in [0.29, 0.717) is 0 Å². The van der Waals surface area contributed by atoms with Crippen molar-refractivity contribution in [1.29, 1.82) is 0 Å². The summed E-state index contributed by atoms with van der Waals surface area (Å²) in [6.45, 7) is 6.53. The predicted molar refractivity (Wildman–Crippen MR) is 78.3 cm³/mol. The van der Waals surface area contributed by atoms with Crippen LogP contribution in [0, 0.1) is 13.3 Å². The Bertz CT molecular complexity index is 450. The van der Waals surface area contributed by atoms with Crippen molar-refractivity contribution >= 4 is 11.8 Å². The van der Waals surface area contributed by atoms with Gasteiger partial charge >= 0.3 is 16.5 Å². The van der Waals surface area contributed by atoms with E-state index < -0.39 is 0 Å². The Morgan fingerprint density at radius 2 is 1.22 bits per heavy atom. The van der Waals surface area contributed by atoms with Crippen LogP contribution in [0.2, 0.25) is 0 Å². The molecule has 9 heteroatoms. The third-order valence-corrected chi connectivity index (χ3v) is 2.80. The maximum Gasteiger partial charge on any atom is 2.00 e. The van der Waals surface area contributed by atoms with Gasteiger partial charge < -0.3 is 39.8 Å². The molecule has 0 aromatic rings. The van der Waals surface area contributed by atoms with E-state index in [1.165, 1.54) is 0 Å². The van der Waals surface area contributed by atoms with Crippen LogP contribution in [0.5, 0.6) is 0 Å². The van der Waals surface area contributed by atoms with Crippen molar-refractivity contribution in [3.63, 3.8) is 0 Å². The summed E-state index contributed by atoms with van der Waals surface area (Å²) in [5.74, 6) is -0.526. The van der Waals surface area contributed by atoms with E-state index in [2.05, 4.69) is 23.3 Å². The topological polar surface area (TPSA) is 83.8 Å². The zero-order valence-electron chi connectivity index (χ0n) is 13.0. The first kappa shape index (κ1) is 19.2. The molecular weight excluding hydrogens is 343 g/mol. The molecule has 0 aromatic heterocycles. The molecule has 0 saturated heterocycles. The molecule has 2 aliphatic heterocycles. The molecule has 23 heavy (non-hydrogen) atoms. The van der Waals surface area contributed by atoms with Gasteiger partial charge in [-0.15, -0.1) is 0 Å². The molecule has 0 N–H and O–H groups in total. The van der Waals surface area contributed by atoms with Gasteiger partial charge in [0, 0.05) is 52.0 Å². The van der Waals surface area contributed by atoms with Crippen LogP contribution >= 0.6 is 0 Å². The van der Waals surface area contributed by atoms with Crippen molar-refractivity contribution in [2.24, 2.45) is 9.98 Å². The first-order valence-corrected chi connectivity index (χ1v) is 6.82. The monoisotopic (exact) mass is 360 g/mol. The summed E-state index contributed by atoms with van der Waals surface area (Å²) < 4.78 is 0. The molecule has 0 atom stereocenters. The Kier molecular flexibility index (Phi) is 7.75. The Hall–Kier alpha value is -1.89. The Morgan fingerprint density at radius 3 is 1.52 bits per heavy atom. The molecule has 0 bridgehead atoms. The zero-order valence-corrected chi connectivity index (χ0v) is 13.9. The Morgan fingerprint density at radius 1 is 0.826 bits per heavy atom. The van der Waals surface area contributed by atoms with Crippen LogP contribution in [0.4, 0.5) is 0 Å². The van der Waals surface area contributed by atoms with E-state index in [9.17, 15) is 10.2 Å². The molecule has 2 aliphatic rings. The molecule has 126 valence electrons. The van der Waals surface area contributed by atoms with Crippen molar-refractivity contribution in [1.82, 2.24) is 19.6 Å². The molecule has 0 fully saturated rings. The summed E-state index contributed by atoms with van der Waals surface area (Å²) in [5.41, 5.74) is 0. The number of nitrogens with zero attached hydrogens (tertiary/aromatic N) is 6. The van der Waals surface area contributed by atoms with Gasteiger partial charge in [0.1, 0.15) is 0 Å². The summed E-state index contributed by atoms with van der Waals surface area (Å²) in [5, 5.41) is 23.2. The van der Waals surface area contributed by atoms with Crippen LogP contribution in [0.15, 0.2) is 34.8 Å². The minimum atomic E-state index is -0.263. The molecular formula is C14H18N6NiO2. The molecule has 0 aliphatic carbocycles. The molecule has 8 nitrogen and oxygen atoms in total. The summed E-state index contributed by atoms with van der Waals surface area (Å²) in [4.78, 5) is 14.4. The smallest absolute Gasteiger partial charge is 0.861 e. The molecule has 2 heterocycles. The Labute approximate surface area is 147 Å². The summed E-state index contributed by atoms with van der Waals surface area (Å²) in [7, 11) is 3.65. The van der Waals surface area contributed by atoms with Gasteiger partial charge in [0.15, 0.2) is 0 Å². The van der Waals surface area contributed by atoms with Gasteiger partial charge in [0.25, 0.3) is 0 Å². The van der Waals surface area contributed by atoms with Gasteiger partial charge in [0.2, 0.25) is 13.3 Å². The second kappa shape index (κ2) is 9.30. The van der Waals surface area contributed by atoms with E-state index in [-0.39, 0.29) is 54.5 Å². The fourth-order valence-corrected chi connectivity index (χ4v) is 1.82. The van der Waals surface area contributed by atoms with E-state index >= 15 is 0 Å². The standard InChI is InChI=1S/C14H20N6O2.Ni/c1-17-5-7-19(11-17)9-13(21)15-3-4-16-14(22)10-20-8-6-18(2)12-20;/h5-8H,3-4,9-10H2,1-2H3,(H,15,21)(H,16,22);/q;+2/p-2. The molecule has 0 amide bonds. The maximum absolute atomic E-state index is 11.6. The fraction of sp³-hybridized carbons (Fsp3) is 0.429. The molecule has 4 radical (unpaired) electrons. The van der Waals surface area contributed by atoms with E-state index in [0.717, 1.165) is 0 Å². The SMILES string of the molecule is CN1[C]N(CC([O-])=NCCN=C([O-])CN2[C]N(C)C=C2)C=C1.[Ni+2]. The number of aliphatic imine (C=N–C) groups is 2. The van der Waals surface area contributed by atoms with Crippen molar-refractivity contribution in [3.8, 4) is 0 Å². The fourth-order valence-electron chi connectivity index (χ4n) is 1.82. The number of rotatable bonds is 7. The summed E-state index contributed by atoms with van der Waals surface area (Å²) in [6.07, 6.45) is 7.07. The maximum atomic E-state index is 11.6. The number of hydrogen-bond donors (Lipinski definition) is 0. The van der Waals surface area contributed by atoms with Crippen LogP contribution in [0.25, 0.3) is 0 Å². The second-order valence-electron chi connectivity index (χ2n) is 4.82. The molecule has 0 aromatic carbocycles. The van der Waals surface area contributed by atoms with Crippen molar-refractivity contribution < 1.29 is 26.7 Å². The van der Waals surface area contributed by atoms with Crippen LogP contribution < -0.4 is 10.2 Å². The summed E-state index contributed by atoms with van der Waals surface area (Å²) >= 11 is 0. The Balaban J connectivity index is 0.00000264. The van der Waals surface area contributed by atoms with Gasteiger partial charge in [-0.05, 0) is 11.8 Å². The zero-order chi connectivity index (χ0) is 15.9. The first-order valence-electron chi connectivity index (χ1n) is 6.82. The molecule has 0 unspecified atom stereocenters. The van der Waals surface area contributed by atoms with E-state index in [1.807, 2.05) is 14.1 Å². The quantitative estimate of drug-likeness (QED) is 0.224. The minimum Gasteiger partial charge on any atom is -0.861 e. The van der Waals surface area contributed by atoms with Crippen molar-refractivity contribution in [2.75, 3.05) is 40.3 Å². The average molecular weight is 361 g/mol. The summed E-state index contributed by atoms with van der Waals surface area (Å²) in [6, 6.07) is 0. The van der Waals surface area contributed by atoms with E-state index in [4.69, 9.17) is 0 Å². The third kappa shape index (κ3) is 6.82. The van der Waals surface area contributed by atoms with Crippen LogP contribution in [0.1, 0.15) is 0 Å². The first-order chi connectivity index (χ1) is 10.5. The minimum absolute atomic E-state index is 0. The second-order valence-corrected chi connectivity index (χ2v) is 4.82. The molecule has 0 saturated carbocycles. The molecule has 0 spiro atoms. The van der Waals surface area contributed by atoms with Gasteiger partial charge in [-0.25, -0.2) is 0 Å². The normalized spacial score (nSPS) is 18.2. The number of hydrogen-bond acceptors (Lipinski definition) is 8. The third-order valence-electron chi connectivity index (χ3n) is 2.80. The van der Waals surface area contributed by atoms with Crippen molar-refractivity contribution in [2.45, 2.75) is 0 Å². The van der Waals surface area contributed by atoms with Crippen LogP contribution in [-0.4, -0.2) is 71.7 Å².